The van der Waals surface area contributed by atoms with E-state index in [9.17, 15) is 4.79 Å². The van der Waals surface area contributed by atoms with Crippen molar-refractivity contribution in [1.82, 2.24) is 4.98 Å². The van der Waals surface area contributed by atoms with Crippen LogP contribution in [0.15, 0.2) is 23.4 Å². The van der Waals surface area contributed by atoms with Gasteiger partial charge in [-0.3, -0.25) is 0 Å². The van der Waals surface area contributed by atoms with Gasteiger partial charge in [-0.05, 0) is 24.8 Å². The van der Waals surface area contributed by atoms with Crippen LogP contribution in [0.5, 0.6) is 0 Å². The molecule has 1 fully saturated rings. The predicted molar refractivity (Wildman–Crippen MR) is 68.2 cm³/mol. The van der Waals surface area contributed by atoms with Crippen LogP contribution in [0.1, 0.15) is 20.3 Å². The third kappa shape index (κ3) is 3.12. The van der Waals surface area contributed by atoms with Crippen LogP contribution in [0, 0.1) is 0 Å². The van der Waals surface area contributed by atoms with E-state index < -0.39 is 0 Å². The molecule has 2 rings (SSSR count). The maximum absolute atomic E-state index is 11.4. The lowest BCUT2D eigenvalue weighted by atomic mass is 10.2. The van der Waals surface area contributed by atoms with Crippen LogP contribution in [-0.4, -0.2) is 28.9 Å². The number of thioether (sulfide) groups is 1. The fraction of sp³-hybridized carbons (Fsp3) is 0.500. The summed E-state index contributed by atoms with van der Waals surface area (Å²) in [4.78, 5) is 15.8. The summed E-state index contributed by atoms with van der Waals surface area (Å²) in [6.07, 6.45) is 2.47. The van der Waals surface area contributed by atoms with Crippen LogP contribution in [0.3, 0.4) is 0 Å². The summed E-state index contributed by atoms with van der Waals surface area (Å²) in [5.41, 5.74) is 0.863. The zero-order valence-electron chi connectivity index (χ0n) is 9.97. The Labute approximate surface area is 105 Å². The van der Waals surface area contributed by atoms with Crippen LogP contribution in [-0.2, 0) is 9.53 Å². The monoisotopic (exact) mass is 252 g/mol. The molecule has 1 N–H and O–H groups in total. The number of cyclic esters (lactones) is 1. The van der Waals surface area contributed by atoms with E-state index in [2.05, 4.69) is 17.2 Å². The Morgan fingerprint density at radius 1 is 1.59 bits per heavy atom. The summed E-state index contributed by atoms with van der Waals surface area (Å²) in [5.74, 6) is 0.830. The van der Waals surface area contributed by atoms with Gasteiger partial charge in [0.05, 0.1) is 16.9 Å². The molecule has 1 aliphatic rings. The number of hydrogen-bond donors (Lipinski definition) is 1. The number of hydrogen-bond acceptors (Lipinski definition) is 5. The molecule has 0 radical (unpaired) electrons. The molecule has 1 saturated heterocycles. The first kappa shape index (κ1) is 12.2. The molecular formula is C12H16N2O2S. The fourth-order valence-electron chi connectivity index (χ4n) is 1.77. The average molecular weight is 252 g/mol. The van der Waals surface area contributed by atoms with E-state index in [-0.39, 0.29) is 18.1 Å². The minimum Gasteiger partial charge on any atom is -0.461 e. The number of carbonyl (C=O) groups is 1. The summed E-state index contributed by atoms with van der Waals surface area (Å²) < 4.78 is 5.08. The highest BCUT2D eigenvalue weighted by atomic mass is 32.2. The molecule has 0 aliphatic carbocycles. The van der Waals surface area contributed by atoms with Crippen molar-refractivity contribution in [3.05, 3.63) is 18.3 Å². The molecule has 0 aromatic carbocycles. The maximum Gasteiger partial charge on any atom is 0.328 e. The Morgan fingerprint density at radius 2 is 2.41 bits per heavy atom. The number of anilines is 1. The number of esters is 1. The number of nitrogens with zero attached hydrogens (tertiary/aromatic N) is 1. The zero-order chi connectivity index (χ0) is 12.3. The molecule has 92 valence electrons. The maximum atomic E-state index is 11.4. The molecule has 2 heterocycles. The molecule has 2 atom stereocenters. The van der Waals surface area contributed by atoms with Gasteiger partial charge in [0.2, 0.25) is 0 Å². The molecule has 4 nitrogen and oxygen atoms in total. The van der Waals surface area contributed by atoms with E-state index in [4.69, 9.17) is 4.74 Å². The smallest absolute Gasteiger partial charge is 0.328 e. The van der Waals surface area contributed by atoms with E-state index in [1.807, 2.05) is 19.1 Å². The van der Waals surface area contributed by atoms with Crippen molar-refractivity contribution >= 4 is 23.4 Å². The molecule has 0 unspecified atom stereocenters. The van der Waals surface area contributed by atoms with Gasteiger partial charge >= 0.3 is 5.97 Å². The first-order chi connectivity index (χ1) is 8.19. The van der Waals surface area contributed by atoms with Gasteiger partial charge in [-0.1, -0.05) is 6.92 Å². The topological polar surface area (TPSA) is 51.2 Å². The standard InChI is InChI=1S/C12H16N2O2S/c1-3-17-11-5-4-9(7-13-11)14-10-6-8(2)16-12(10)15/h4-5,7-8,10,14H,3,6H2,1-2H3/t8-,10-/m0/s1. The number of ether oxygens (including phenoxy) is 1. The molecule has 1 aliphatic heterocycles. The number of aromatic nitrogens is 1. The van der Waals surface area contributed by atoms with Crippen LogP contribution >= 0.6 is 11.8 Å². The first-order valence-electron chi connectivity index (χ1n) is 5.75. The quantitative estimate of drug-likeness (QED) is 0.658. The van der Waals surface area contributed by atoms with Gasteiger partial charge in [0.15, 0.2) is 0 Å². The van der Waals surface area contributed by atoms with Gasteiger partial charge in [0.1, 0.15) is 12.1 Å². The van der Waals surface area contributed by atoms with Crippen molar-refractivity contribution < 1.29 is 9.53 Å². The normalized spacial score (nSPS) is 23.5. The second kappa shape index (κ2) is 5.40. The highest BCUT2D eigenvalue weighted by Gasteiger charge is 2.31. The minimum atomic E-state index is -0.239. The van der Waals surface area contributed by atoms with Crippen molar-refractivity contribution in [1.29, 1.82) is 0 Å². The summed E-state index contributed by atoms with van der Waals surface area (Å²) in [6, 6.07) is 3.66. The van der Waals surface area contributed by atoms with Gasteiger partial charge < -0.3 is 10.1 Å². The first-order valence-corrected chi connectivity index (χ1v) is 6.73. The van der Waals surface area contributed by atoms with Crippen molar-refractivity contribution in [2.45, 2.75) is 37.4 Å². The molecule has 1 aromatic rings. The minimum absolute atomic E-state index is 0.00267. The Kier molecular flexibility index (Phi) is 3.89. The van der Waals surface area contributed by atoms with Gasteiger partial charge in [-0.2, -0.15) is 0 Å². The van der Waals surface area contributed by atoms with E-state index in [1.165, 1.54) is 0 Å². The molecule has 0 spiro atoms. The second-order valence-electron chi connectivity index (χ2n) is 4.00. The van der Waals surface area contributed by atoms with Gasteiger partial charge in [-0.15, -0.1) is 11.8 Å². The number of nitrogens with one attached hydrogen (secondary N) is 1. The average Bonchev–Trinajstić information content (AvgIpc) is 2.61. The van der Waals surface area contributed by atoms with Crippen molar-refractivity contribution in [3.63, 3.8) is 0 Å². The molecule has 1 aromatic heterocycles. The summed E-state index contributed by atoms with van der Waals surface area (Å²) in [5, 5.41) is 4.14. The fourth-order valence-corrected chi connectivity index (χ4v) is 2.36. The van der Waals surface area contributed by atoms with Crippen LogP contribution < -0.4 is 5.32 Å². The van der Waals surface area contributed by atoms with Crippen LogP contribution in [0.25, 0.3) is 0 Å². The van der Waals surface area contributed by atoms with Crippen LogP contribution in [0.4, 0.5) is 5.69 Å². The molecule has 17 heavy (non-hydrogen) atoms. The Morgan fingerprint density at radius 3 is 2.94 bits per heavy atom. The van der Waals surface area contributed by atoms with Crippen molar-refractivity contribution in [2.24, 2.45) is 0 Å². The highest BCUT2D eigenvalue weighted by molar-refractivity contribution is 7.99. The van der Waals surface area contributed by atoms with Gasteiger partial charge in [-0.25, -0.2) is 9.78 Å². The molecule has 0 saturated carbocycles. The largest absolute Gasteiger partial charge is 0.461 e. The summed E-state index contributed by atoms with van der Waals surface area (Å²) in [6.45, 7) is 3.99. The highest BCUT2D eigenvalue weighted by Crippen LogP contribution is 2.21. The number of carbonyl (C=O) groups excluding carboxylic acids is 1. The van der Waals surface area contributed by atoms with Gasteiger partial charge in [0.25, 0.3) is 0 Å². The third-order valence-electron chi connectivity index (χ3n) is 2.54. The van der Waals surface area contributed by atoms with Crippen molar-refractivity contribution in [3.8, 4) is 0 Å². The number of pyridine rings is 1. The second-order valence-corrected chi connectivity index (χ2v) is 5.28. The van der Waals surface area contributed by atoms with Gasteiger partial charge in [0, 0.05) is 6.42 Å². The van der Waals surface area contributed by atoms with Crippen LogP contribution in [0.2, 0.25) is 0 Å². The van der Waals surface area contributed by atoms with E-state index >= 15 is 0 Å². The SMILES string of the molecule is CCSc1ccc(N[C@H]2C[C@H](C)OC2=O)cn1. The Bertz CT molecular complexity index is 394. The Hall–Kier alpha value is -1.23. The lowest BCUT2D eigenvalue weighted by molar-refractivity contribution is -0.141. The molecule has 0 amide bonds. The Balaban J connectivity index is 1.97. The van der Waals surface area contributed by atoms with E-state index in [1.54, 1.807) is 18.0 Å². The lowest BCUT2D eigenvalue weighted by Gasteiger charge is -2.10. The predicted octanol–water partition coefficient (Wildman–Crippen LogP) is 2.31. The molecular weight excluding hydrogens is 236 g/mol. The molecule has 5 heteroatoms. The summed E-state index contributed by atoms with van der Waals surface area (Å²) in [7, 11) is 0. The van der Waals surface area contributed by atoms with E-state index in [0.29, 0.717) is 6.42 Å². The number of rotatable bonds is 4. The molecule has 0 bridgehead atoms. The summed E-state index contributed by atoms with van der Waals surface area (Å²) >= 11 is 1.70. The van der Waals surface area contributed by atoms with E-state index in [0.717, 1.165) is 16.5 Å². The lowest BCUT2D eigenvalue weighted by Crippen LogP contribution is -2.24. The zero-order valence-corrected chi connectivity index (χ0v) is 10.8. The third-order valence-corrected chi connectivity index (χ3v) is 3.36. The van der Waals surface area contributed by atoms with Crippen molar-refractivity contribution in [2.75, 3.05) is 11.1 Å².